The van der Waals surface area contributed by atoms with Crippen LogP contribution in [-0.2, 0) is 12.7 Å². The van der Waals surface area contributed by atoms with Crippen LogP contribution in [0.3, 0.4) is 0 Å². The normalized spacial score (nSPS) is 20.2. The van der Waals surface area contributed by atoms with Crippen molar-refractivity contribution in [3.05, 3.63) is 35.2 Å². The molecule has 29 heavy (non-hydrogen) atoms. The van der Waals surface area contributed by atoms with E-state index in [0.29, 0.717) is 17.8 Å². The van der Waals surface area contributed by atoms with Gasteiger partial charge < -0.3 is 4.90 Å². The second-order valence-corrected chi connectivity index (χ2v) is 8.11. The minimum absolute atomic E-state index is 0.197. The maximum atomic E-state index is 13.3. The Morgan fingerprint density at radius 2 is 1.90 bits per heavy atom. The van der Waals surface area contributed by atoms with Crippen molar-refractivity contribution in [1.82, 2.24) is 30.0 Å². The molecule has 2 aliphatic rings. The molecule has 0 unspecified atom stereocenters. The summed E-state index contributed by atoms with van der Waals surface area (Å²) in [7, 11) is 2.15. The number of benzene rings is 1. The molecule has 2 aliphatic heterocycles. The fraction of sp³-hybridized carbons (Fsp3) is 0.579. The number of hydrogen-bond donors (Lipinski definition) is 0. The maximum Gasteiger partial charge on any atom is 0.417 e. The van der Waals surface area contributed by atoms with Gasteiger partial charge in [0.2, 0.25) is 0 Å². The van der Waals surface area contributed by atoms with Gasteiger partial charge in [-0.1, -0.05) is 0 Å². The lowest BCUT2D eigenvalue weighted by molar-refractivity contribution is -0.137. The van der Waals surface area contributed by atoms with Crippen LogP contribution in [-0.4, -0.2) is 63.2 Å². The molecule has 4 rings (SSSR count). The molecule has 0 saturated carbocycles. The van der Waals surface area contributed by atoms with Gasteiger partial charge in [0.1, 0.15) is 0 Å². The molecule has 0 radical (unpaired) electrons. The molecular weight excluding hydrogens is 383 g/mol. The van der Waals surface area contributed by atoms with Crippen molar-refractivity contribution in [3.8, 4) is 11.8 Å². The predicted octanol–water partition coefficient (Wildman–Crippen LogP) is 2.47. The highest BCUT2D eigenvalue weighted by molar-refractivity contribution is 5.47. The third kappa shape index (κ3) is 3.97. The van der Waals surface area contributed by atoms with Gasteiger partial charge in [0, 0.05) is 6.54 Å². The van der Waals surface area contributed by atoms with Crippen LogP contribution in [0.15, 0.2) is 18.2 Å². The van der Waals surface area contributed by atoms with Crippen molar-refractivity contribution in [3.63, 3.8) is 0 Å². The lowest BCUT2D eigenvalue weighted by Gasteiger charge is -2.39. The van der Waals surface area contributed by atoms with E-state index in [2.05, 4.69) is 32.4 Å². The Kier molecular flexibility index (Phi) is 5.04. The molecule has 3 heterocycles. The van der Waals surface area contributed by atoms with Gasteiger partial charge in [-0.05, 0) is 80.0 Å². The number of halogens is 3. The van der Waals surface area contributed by atoms with Crippen LogP contribution >= 0.6 is 0 Å². The first kappa shape index (κ1) is 19.8. The molecule has 0 atom stereocenters. The average Bonchev–Trinajstić information content (AvgIpc) is 3.29. The Bertz CT molecular complexity index is 923. The molecule has 154 valence electrons. The monoisotopic (exact) mass is 405 g/mol. The maximum absolute atomic E-state index is 13.3. The summed E-state index contributed by atoms with van der Waals surface area (Å²) in [5.41, 5.74) is -0.809. The Labute approximate surface area is 166 Å². The number of likely N-dealkylation sites (tertiary alicyclic amines) is 2. The zero-order valence-corrected chi connectivity index (χ0v) is 16.2. The number of hydrogen-bond acceptors (Lipinski definition) is 6. The SMILES string of the molecule is CN1CCC2(CCN(Cc3nnnn3-c3ccc(C#N)c(C(F)(F)F)c3)CC2)C1. The predicted molar refractivity (Wildman–Crippen MR) is 97.9 cm³/mol. The third-order valence-corrected chi connectivity index (χ3v) is 6.12. The highest BCUT2D eigenvalue weighted by Gasteiger charge is 2.39. The smallest absolute Gasteiger partial charge is 0.306 e. The highest BCUT2D eigenvalue weighted by Crippen LogP contribution is 2.40. The highest BCUT2D eigenvalue weighted by atomic mass is 19.4. The standard InChI is InChI=1S/C19H22F3N7/c1-27-7-4-18(13-27)5-8-28(9-6-18)12-17-24-25-26-29(17)15-3-2-14(11-23)16(10-15)19(20,21)22/h2-3,10H,4-9,12-13H2,1H3. The fourth-order valence-corrected chi connectivity index (χ4v) is 4.45. The van der Waals surface area contributed by atoms with Crippen LogP contribution in [0, 0.1) is 16.7 Å². The van der Waals surface area contributed by atoms with E-state index in [1.54, 1.807) is 6.07 Å². The second-order valence-electron chi connectivity index (χ2n) is 8.11. The van der Waals surface area contributed by atoms with E-state index in [9.17, 15) is 13.2 Å². The van der Waals surface area contributed by atoms with E-state index in [4.69, 9.17) is 5.26 Å². The van der Waals surface area contributed by atoms with E-state index in [-0.39, 0.29) is 5.69 Å². The molecule has 1 spiro atoms. The quantitative estimate of drug-likeness (QED) is 0.781. The van der Waals surface area contributed by atoms with Gasteiger partial charge in [0.15, 0.2) is 5.82 Å². The Balaban J connectivity index is 1.51. The Hall–Kier alpha value is -2.51. The Morgan fingerprint density at radius 3 is 2.52 bits per heavy atom. The molecule has 2 aromatic rings. The van der Waals surface area contributed by atoms with Crippen molar-refractivity contribution in [1.29, 1.82) is 5.26 Å². The lowest BCUT2D eigenvalue weighted by atomic mass is 9.78. The van der Waals surface area contributed by atoms with E-state index in [1.165, 1.54) is 17.2 Å². The van der Waals surface area contributed by atoms with Gasteiger partial charge >= 0.3 is 6.18 Å². The van der Waals surface area contributed by atoms with Gasteiger partial charge in [0.25, 0.3) is 0 Å². The molecule has 0 aliphatic carbocycles. The summed E-state index contributed by atoms with van der Waals surface area (Å²) in [5, 5.41) is 20.5. The van der Waals surface area contributed by atoms with Crippen molar-refractivity contribution >= 4 is 0 Å². The number of tetrazole rings is 1. The number of nitrogens with zero attached hydrogens (tertiary/aromatic N) is 7. The molecule has 2 fully saturated rings. The van der Waals surface area contributed by atoms with Crippen LogP contribution in [0.5, 0.6) is 0 Å². The zero-order valence-electron chi connectivity index (χ0n) is 16.2. The first-order valence-electron chi connectivity index (χ1n) is 9.60. The summed E-state index contributed by atoms with van der Waals surface area (Å²) in [5.74, 6) is 0.488. The second kappa shape index (κ2) is 7.39. The van der Waals surface area contributed by atoms with Crippen molar-refractivity contribution in [2.45, 2.75) is 32.0 Å². The molecule has 2 saturated heterocycles. The van der Waals surface area contributed by atoms with Gasteiger partial charge in [-0.2, -0.15) is 23.1 Å². The van der Waals surface area contributed by atoms with Crippen LogP contribution < -0.4 is 0 Å². The first-order valence-corrected chi connectivity index (χ1v) is 9.60. The van der Waals surface area contributed by atoms with Crippen LogP contribution in [0.1, 0.15) is 36.2 Å². The van der Waals surface area contributed by atoms with Gasteiger partial charge in [-0.25, -0.2) is 0 Å². The average molecular weight is 405 g/mol. The van der Waals surface area contributed by atoms with E-state index in [0.717, 1.165) is 51.2 Å². The van der Waals surface area contributed by atoms with Crippen molar-refractivity contribution in [2.24, 2.45) is 5.41 Å². The van der Waals surface area contributed by atoms with Crippen LogP contribution in [0.4, 0.5) is 13.2 Å². The molecule has 10 heteroatoms. The first-order chi connectivity index (χ1) is 13.8. The van der Waals surface area contributed by atoms with E-state index in [1.807, 2.05) is 0 Å². The number of aromatic nitrogens is 4. The molecule has 1 aromatic heterocycles. The number of rotatable bonds is 3. The summed E-state index contributed by atoms with van der Waals surface area (Å²) in [6.45, 7) is 4.58. The minimum atomic E-state index is -4.62. The van der Waals surface area contributed by atoms with Crippen molar-refractivity contribution in [2.75, 3.05) is 33.2 Å². The molecule has 0 N–H and O–H groups in total. The third-order valence-electron chi connectivity index (χ3n) is 6.12. The molecule has 1 aromatic carbocycles. The zero-order chi connectivity index (χ0) is 20.6. The lowest BCUT2D eigenvalue weighted by Crippen LogP contribution is -2.41. The molecule has 0 bridgehead atoms. The van der Waals surface area contributed by atoms with E-state index >= 15 is 0 Å². The summed E-state index contributed by atoms with van der Waals surface area (Å²) in [4.78, 5) is 4.62. The topological polar surface area (TPSA) is 73.9 Å². The molecule has 0 amide bonds. The largest absolute Gasteiger partial charge is 0.417 e. The fourth-order valence-electron chi connectivity index (χ4n) is 4.45. The van der Waals surface area contributed by atoms with Gasteiger partial charge in [0.05, 0.1) is 29.4 Å². The minimum Gasteiger partial charge on any atom is -0.306 e. The summed E-state index contributed by atoms with van der Waals surface area (Å²) in [6.07, 6.45) is -1.19. The summed E-state index contributed by atoms with van der Waals surface area (Å²) >= 11 is 0. The van der Waals surface area contributed by atoms with E-state index < -0.39 is 17.3 Å². The number of nitriles is 1. The summed E-state index contributed by atoms with van der Waals surface area (Å²) in [6, 6.07) is 5.11. The number of alkyl halides is 3. The Morgan fingerprint density at radius 1 is 1.17 bits per heavy atom. The van der Waals surface area contributed by atoms with Gasteiger partial charge in [-0.15, -0.1) is 5.10 Å². The van der Waals surface area contributed by atoms with Crippen LogP contribution in [0.25, 0.3) is 5.69 Å². The number of piperidine rings is 1. The molecular formula is C19H22F3N7. The van der Waals surface area contributed by atoms with Crippen LogP contribution in [0.2, 0.25) is 0 Å². The summed E-state index contributed by atoms with van der Waals surface area (Å²) < 4.78 is 41.2. The van der Waals surface area contributed by atoms with Crippen molar-refractivity contribution < 1.29 is 13.2 Å². The molecule has 7 nitrogen and oxygen atoms in total. The van der Waals surface area contributed by atoms with Gasteiger partial charge in [-0.3, -0.25) is 4.90 Å².